The van der Waals surface area contributed by atoms with Crippen molar-refractivity contribution in [2.45, 2.75) is 11.1 Å². The molecule has 152 valence electrons. The van der Waals surface area contributed by atoms with Gasteiger partial charge in [0.2, 0.25) is 0 Å². The van der Waals surface area contributed by atoms with Crippen molar-refractivity contribution in [3.63, 3.8) is 0 Å². The van der Waals surface area contributed by atoms with Crippen LogP contribution in [0.3, 0.4) is 0 Å². The molecular weight excluding hydrogens is 409 g/mol. The van der Waals surface area contributed by atoms with E-state index in [-0.39, 0.29) is 23.1 Å². The second-order valence-corrected chi connectivity index (χ2v) is 6.35. The van der Waals surface area contributed by atoms with E-state index in [4.69, 9.17) is 0 Å². The topological polar surface area (TPSA) is 130 Å². The van der Waals surface area contributed by atoms with Gasteiger partial charge in [-0.25, -0.2) is 0 Å². The first-order valence-corrected chi connectivity index (χ1v) is 9.01. The molecule has 2 N–H and O–H groups in total. The van der Waals surface area contributed by atoms with E-state index < -0.39 is 23.0 Å². The number of nitrogens with one attached hydrogen (secondary N) is 2. The molecule has 0 saturated heterocycles. The van der Waals surface area contributed by atoms with Crippen molar-refractivity contribution >= 4 is 35.0 Å². The van der Waals surface area contributed by atoms with Crippen LogP contribution in [0.4, 0.5) is 0 Å². The predicted octanol–water partition coefficient (Wildman–Crippen LogP) is -0.981. The molecule has 2 aromatic rings. The number of rotatable bonds is 4. The average Bonchev–Trinajstić information content (AvgIpc) is 2.81. The predicted molar refractivity (Wildman–Crippen MR) is 110 cm³/mol. The Labute approximate surface area is 195 Å². The van der Waals surface area contributed by atoms with Crippen molar-refractivity contribution in [2.24, 2.45) is 0 Å². The maximum Gasteiger partial charge on any atom is 2.00 e. The smallest absolute Gasteiger partial charge is 0.547 e. The summed E-state index contributed by atoms with van der Waals surface area (Å²) in [5.74, 6) is -2.44. The van der Waals surface area contributed by atoms with Gasteiger partial charge in [0.05, 0.1) is 23.3 Å². The SMILES string of the molecule is O=C([O-])C1(c2ccccn2)C=CC=CN1.O=C([O-])C1(c2ccccn2)C=CC=CN1.[Mg+2]. The van der Waals surface area contributed by atoms with Crippen molar-refractivity contribution in [1.29, 1.82) is 0 Å². The molecule has 0 amide bonds. The third kappa shape index (κ3) is 5.01. The van der Waals surface area contributed by atoms with Crippen LogP contribution in [0.15, 0.2) is 97.6 Å². The number of pyridine rings is 2. The van der Waals surface area contributed by atoms with Crippen LogP contribution in [-0.4, -0.2) is 45.0 Å². The first-order valence-electron chi connectivity index (χ1n) is 9.01. The number of carbonyl (C=O) groups is 2. The summed E-state index contributed by atoms with van der Waals surface area (Å²) in [6, 6.07) is 10.2. The van der Waals surface area contributed by atoms with Crippen LogP contribution >= 0.6 is 0 Å². The number of dihydropyridines is 2. The molecule has 0 bridgehead atoms. The summed E-state index contributed by atoms with van der Waals surface area (Å²) in [6.45, 7) is 0. The van der Waals surface area contributed by atoms with E-state index in [1.165, 1.54) is 12.2 Å². The van der Waals surface area contributed by atoms with Gasteiger partial charge >= 0.3 is 23.1 Å². The number of aliphatic carboxylic acids is 2. The van der Waals surface area contributed by atoms with Gasteiger partial charge in [-0.2, -0.15) is 0 Å². The number of aromatic nitrogens is 2. The summed E-state index contributed by atoms with van der Waals surface area (Å²) in [4.78, 5) is 30.4. The minimum atomic E-state index is -1.35. The molecule has 2 aliphatic heterocycles. The average molecular weight is 427 g/mol. The van der Waals surface area contributed by atoms with Crippen LogP contribution in [0, 0.1) is 0 Å². The number of carbonyl (C=O) groups excluding carboxylic acids is 2. The zero-order chi connectivity index (χ0) is 21.5. The molecule has 31 heavy (non-hydrogen) atoms. The van der Waals surface area contributed by atoms with E-state index in [9.17, 15) is 19.8 Å². The van der Waals surface area contributed by atoms with Gasteiger partial charge in [-0.05, 0) is 61.0 Å². The number of nitrogens with zero attached hydrogens (tertiary/aromatic N) is 2. The molecule has 2 aromatic heterocycles. The van der Waals surface area contributed by atoms with E-state index >= 15 is 0 Å². The summed E-state index contributed by atoms with van der Waals surface area (Å²) < 4.78 is 0. The van der Waals surface area contributed by atoms with Crippen LogP contribution in [0.25, 0.3) is 0 Å². The van der Waals surface area contributed by atoms with Crippen LogP contribution in [0.1, 0.15) is 11.4 Å². The van der Waals surface area contributed by atoms with Crippen molar-refractivity contribution < 1.29 is 19.8 Å². The summed E-state index contributed by atoms with van der Waals surface area (Å²) in [6.07, 6.45) is 16.0. The van der Waals surface area contributed by atoms with E-state index in [0.29, 0.717) is 11.4 Å². The van der Waals surface area contributed by atoms with Gasteiger partial charge in [0.25, 0.3) is 0 Å². The zero-order valence-electron chi connectivity index (χ0n) is 16.5. The molecule has 9 heteroatoms. The van der Waals surface area contributed by atoms with Gasteiger partial charge in [0.15, 0.2) is 0 Å². The zero-order valence-corrected chi connectivity index (χ0v) is 17.9. The first kappa shape index (κ1) is 23.8. The Morgan fingerprint density at radius 2 is 1.13 bits per heavy atom. The Morgan fingerprint density at radius 1 is 0.710 bits per heavy atom. The van der Waals surface area contributed by atoms with Gasteiger partial charge in [0, 0.05) is 12.4 Å². The van der Waals surface area contributed by atoms with Crippen LogP contribution < -0.4 is 20.8 Å². The van der Waals surface area contributed by atoms with Gasteiger partial charge < -0.3 is 30.4 Å². The Bertz CT molecular complexity index is 941. The maximum absolute atomic E-state index is 11.2. The summed E-state index contributed by atoms with van der Waals surface area (Å²) in [5, 5.41) is 27.9. The molecule has 2 atom stereocenters. The molecular formula is C22H18MgN4O4. The molecule has 2 aliphatic rings. The second-order valence-electron chi connectivity index (χ2n) is 6.35. The number of carboxylic acid groups (broad SMARTS) is 2. The fraction of sp³-hybridized carbons (Fsp3) is 0.0909. The minimum absolute atomic E-state index is 0. The third-order valence-corrected chi connectivity index (χ3v) is 4.51. The van der Waals surface area contributed by atoms with Crippen LogP contribution in [-0.2, 0) is 20.7 Å². The van der Waals surface area contributed by atoms with Crippen LogP contribution in [0.5, 0.6) is 0 Å². The third-order valence-electron chi connectivity index (χ3n) is 4.51. The van der Waals surface area contributed by atoms with Crippen molar-refractivity contribution in [2.75, 3.05) is 0 Å². The van der Waals surface area contributed by atoms with Crippen molar-refractivity contribution in [3.05, 3.63) is 109 Å². The quantitative estimate of drug-likeness (QED) is 0.597. The van der Waals surface area contributed by atoms with Crippen molar-refractivity contribution in [3.8, 4) is 0 Å². The van der Waals surface area contributed by atoms with Gasteiger partial charge in [-0.15, -0.1) is 0 Å². The van der Waals surface area contributed by atoms with Crippen LogP contribution in [0.2, 0.25) is 0 Å². The number of hydrogen-bond acceptors (Lipinski definition) is 8. The normalized spacial score (nSPS) is 22.7. The second kappa shape index (κ2) is 10.6. The number of hydrogen-bond donors (Lipinski definition) is 2. The fourth-order valence-corrected chi connectivity index (χ4v) is 2.94. The molecule has 2 unspecified atom stereocenters. The summed E-state index contributed by atoms with van der Waals surface area (Å²) >= 11 is 0. The fourth-order valence-electron chi connectivity index (χ4n) is 2.94. The van der Waals surface area contributed by atoms with E-state index in [1.807, 2.05) is 0 Å². The molecule has 0 aromatic carbocycles. The molecule has 4 rings (SSSR count). The van der Waals surface area contributed by atoms with E-state index in [1.54, 1.807) is 85.5 Å². The van der Waals surface area contributed by atoms with E-state index in [2.05, 4.69) is 20.6 Å². The molecule has 0 radical (unpaired) electrons. The Morgan fingerprint density at radius 3 is 1.39 bits per heavy atom. The monoisotopic (exact) mass is 426 g/mol. The Kier molecular flexibility index (Phi) is 8.12. The minimum Gasteiger partial charge on any atom is -0.547 e. The molecule has 8 nitrogen and oxygen atoms in total. The Hall–Kier alpha value is -3.43. The molecule has 4 heterocycles. The largest absolute Gasteiger partial charge is 2.00 e. The standard InChI is InChI=1S/2C11H10N2O2.Mg/c2*14-10(15)11(6-2-4-8-13-11)9-5-1-3-7-12-9;/h2*1-8,13H,(H,14,15);/q;;+2/p-2. The molecule has 0 fully saturated rings. The van der Waals surface area contributed by atoms with Gasteiger partial charge in [0.1, 0.15) is 11.1 Å². The molecule has 0 saturated carbocycles. The Balaban J connectivity index is 0.000000213. The van der Waals surface area contributed by atoms with E-state index in [0.717, 1.165) is 0 Å². The number of carboxylic acids is 2. The van der Waals surface area contributed by atoms with Gasteiger partial charge in [-0.1, -0.05) is 24.3 Å². The number of allylic oxidation sites excluding steroid dienone is 4. The maximum atomic E-state index is 11.2. The first-order chi connectivity index (χ1) is 14.5. The van der Waals surface area contributed by atoms with Crippen molar-refractivity contribution in [1.82, 2.24) is 20.6 Å². The van der Waals surface area contributed by atoms with Gasteiger partial charge in [-0.3, -0.25) is 9.97 Å². The summed E-state index contributed by atoms with van der Waals surface area (Å²) in [5.41, 5.74) is -1.89. The molecule has 0 spiro atoms. The molecule has 0 aliphatic carbocycles. The summed E-state index contributed by atoms with van der Waals surface area (Å²) in [7, 11) is 0.